The molecule has 1 heterocycles. The molecule has 0 aliphatic rings. The van der Waals surface area contributed by atoms with Crippen LogP contribution in [0.25, 0.3) is 22.2 Å². The Bertz CT molecular complexity index is 1660. The molecule has 0 aliphatic carbocycles. The van der Waals surface area contributed by atoms with Gasteiger partial charge in [0.2, 0.25) is 5.91 Å². The third-order valence-electron chi connectivity index (χ3n) is 7.74. The van der Waals surface area contributed by atoms with Gasteiger partial charge in [-0.1, -0.05) is 85.3 Å². The number of amides is 1. The summed E-state index contributed by atoms with van der Waals surface area (Å²) in [5.74, 6) is 2.59. The predicted molar refractivity (Wildman–Crippen MR) is 178 cm³/mol. The van der Waals surface area contributed by atoms with Gasteiger partial charge in [-0.05, 0) is 65.8 Å². The van der Waals surface area contributed by atoms with Crippen LogP contribution in [-0.4, -0.2) is 35.7 Å². The van der Waals surface area contributed by atoms with Crippen LogP contribution < -0.4 is 14.8 Å². The number of allylic oxidation sites excluding steroid dienone is 1. The van der Waals surface area contributed by atoms with Gasteiger partial charge in [0, 0.05) is 13.0 Å². The number of imidazole rings is 1. The van der Waals surface area contributed by atoms with Gasteiger partial charge in [-0.25, -0.2) is 4.98 Å². The topological polar surface area (TPSA) is 65.4 Å². The van der Waals surface area contributed by atoms with Crippen LogP contribution in [0.2, 0.25) is 0 Å². The number of para-hydroxylation sites is 2. The molecular weight excluding hydrogens is 546 g/mol. The summed E-state index contributed by atoms with van der Waals surface area (Å²) in [5.41, 5.74) is 6.61. The molecule has 0 unspecified atom stereocenters. The van der Waals surface area contributed by atoms with Crippen LogP contribution in [0.15, 0.2) is 110 Å². The number of ether oxygens (including phenoxy) is 2. The average molecular weight is 588 g/mol. The van der Waals surface area contributed by atoms with E-state index >= 15 is 0 Å². The third kappa shape index (κ3) is 8.16. The number of benzene rings is 4. The lowest BCUT2D eigenvalue weighted by Gasteiger charge is -2.14. The molecule has 44 heavy (non-hydrogen) atoms. The van der Waals surface area contributed by atoms with Gasteiger partial charge in [-0.3, -0.25) is 4.79 Å². The van der Waals surface area contributed by atoms with E-state index in [0.29, 0.717) is 26.1 Å². The summed E-state index contributed by atoms with van der Waals surface area (Å²) in [4.78, 5) is 17.4. The molecule has 0 radical (unpaired) electrons. The molecule has 6 nitrogen and oxygen atoms in total. The second-order valence-electron chi connectivity index (χ2n) is 10.9. The van der Waals surface area contributed by atoms with Gasteiger partial charge < -0.3 is 19.4 Å². The Morgan fingerprint density at radius 3 is 2.41 bits per heavy atom. The van der Waals surface area contributed by atoms with Crippen LogP contribution in [0.5, 0.6) is 11.5 Å². The molecule has 0 bridgehead atoms. The van der Waals surface area contributed by atoms with Gasteiger partial charge in [0.1, 0.15) is 12.4 Å². The molecular formula is C38H41N3O3. The second-order valence-corrected chi connectivity index (χ2v) is 10.9. The highest BCUT2D eigenvalue weighted by atomic mass is 16.5. The van der Waals surface area contributed by atoms with Crippen molar-refractivity contribution < 1.29 is 14.3 Å². The van der Waals surface area contributed by atoms with Gasteiger partial charge in [0.25, 0.3) is 0 Å². The first-order chi connectivity index (χ1) is 21.6. The number of nitrogens with zero attached hydrogens (tertiary/aromatic N) is 2. The molecule has 1 aromatic heterocycles. The zero-order chi connectivity index (χ0) is 30.6. The molecule has 226 valence electrons. The molecule has 0 spiro atoms. The first-order valence-electron chi connectivity index (χ1n) is 15.4. The van der Waals surface area contributed by atoms with Crippen LogP contribution in [0.3, 0.4) is 0 Å². The van der Waals surface area contributed by atoms with E-state index in [1.807, 2.05) is 66.7 Å². The Labute approximate surface area is 260 Å². The molecule has 6 heteroatoms. The maximum Gasteiger partial charge on any atom is 0.224 e. The van der Waals surface area contributed by atoms with E-state index in [9.17, 15) is 4.79 Å². The van der Waals surface area contributed by atoms with Gasteiger partial charge >= 0.3 is 0 Å². The van der Waals surface area contributed by atoms with Gasteiger partial charge in [-0.15, -0.1) is 6.58 Å². The van der Waals surface area contributed by atoms with E-state index in [1.54, 1.807) is 7.11 Å². The number of carbonyl (C=O) groups is 1. The normalized spacial score (nSPS) is 10.9. The number of nitrogens with one attached hydrogen (secondary N) is 1. The van der Waals surface area contributed by atoms with Crippen LogP contribution in [0.4, 0.5) is 0 Å². The summed E-state index contributed by atoms with van der Waals surface area (Å²) in [6.45, 7) is 5.69. The van der Waals surface area contributed by atoms with Crippen molar-refractivity contribution in [2.45, 2.75) is 45.1 Å². The lowest BCUT2D eigenvalue weighted by Crippen LogP contribution is -2.26. The number of hydrogen-bond donors (Lipinski definition) is 1. The SMILES string of the molecule is C=CCc1ccc(OCCn2c(CCCCCNC(=O)Cc3ccc(-c4ccccc4)cc3)nc3ccccc32)c(OC)c1. The Morgan fingerprint density at radius 1 is 0.864 bits per heavy atom. The van der Waals surface area contributed by atoms with Crippen molar-refractivity contribution >= 4 is 16.9 Å². The maximum atomic E-state index is 12.5. The molecule has 1 N–H and O–H groups in total. The molecule has 0 saturated carbocycles. The van der Waals surface area contributed by atoms with Gasteiger partial charge in [0.15, 0.2) is 11.5 Å². The fourth-order valence-corrected chi connectivity index (χ4v) is 5.44. The molecule has 0 saturated heterocycles. The lowest BCUT2D eigenvalue weighted by molar-refractivity contribution is -0.120. The largest absolute Gasteiger partial charge is 0.493 e. The summed E-state index contributed by atoms with van der Waals surface area (Å²) in [5, 5.41) is 3.08. The Hall–Kier alpha value is -4.84. The van der Waals surface area contributed by atoms with Crippen molar-refractivity contribution in [3.05, 3.63) is 127 Å². The van der Waals surface area contributed by atoms with Crippen molar-refractivity contribution in [3.8, 4) is 22.6 Å². The molecule has 5 aromatic rings. The van der Waals surface area contributed by atoms with E-state index in [0.717, 1.165) is 77.2 Å². The van der Waals surface area contributed by atoms with E-state index in [2.05, 4.69) is 52.9 Å². The zero-order valence-corrected chi connectivity index (χ0v) is 25.5. The highest BCUT2D eigenvalue weighted by Gasteiger charge is 2.12. The Kier molecular flexibility index (Phi) is 10.8. The van der Waals surface area contributed by atoms with Crippen molar-refractivity contribution in [2.24, 2.45) is 0 Å². The number of fused-ring (bicyclic) bond motifs is 1. The van der Waals surface area contributed by atoms with Crippen LogP contribution in [0.1, 0.15) is 36.2 Å². The Balaban J connectivity index is 1.07. The van der Waals surface area contributed by atoms with Crippen LogP contribution in [-0.2, 0) is 30.6 Å². The number of carbonyl (C=O) groups excluding carboxylic acids is 1. The maximum absolute atomic E-state index is 12.5. The van der Waals surface area contributed by atoms with E-state index in [-0.39, 0.29) is 5.91 Å². The first kappa shape index (κ1) is 30.6. The molecule has 5 rings (SSSR count). The van der Waals surface area contributed by atoms with Gasteiger partial charge in [-0.2, -0.15) is 0 Å². The monoisotopic (exact) mass is 587 g/mol. The molecule has 0 fully saturated rings. The highest BCUT2D eigenvalue weighted by Crippen LogP contribution is 2.29. The fraction of sp³-hybridized carbons (Fsp3) is 0.263. The smallest absolute Gasteiger partial charge is 0.224 e. The number of aryl methyl sites for hydroxylation is 1. The summed E-state index contributed by atoms with van der Waals surface area (Å²) < 4.78 is 14.0. The van der Waals surface area contributed by atoms with Crippen molar-refractivity contribution in [2.75, 3.05) is 20.3 Å². The predicted octanol–water partition coefficient (Wildman–Crippen LogP) is 7.59. The number of unbranched alkanes of at least 4 members (excludes halogenated alkanes) is 2. The lowest BCUT2D eigenvalue weighted by atomic mass is 10.0. The summed E-state index contributed by atoms with van der Waals surface area (Å²) in [6.07, 6.45) is 6.88. The second kappa shape index (κ2) is 15.6. The van der Waals surface area contributed by atoms with E-state index in [1.165, 1.54) is 5.56 Å². The van der Waals surface area contributed by atoms with Crippen LogP contribution >= 0.6 is 0 Å². The van der Waals surface area contributed by atoms with Gasteiger partial charge in [0.05, 0.1) is 31.1 Å². The van der Waals surface area contributed by atoms with Crippen LogP contribution in [0, 0.1) is 0 Å². The Morgan fingerprint density at radius 2 is 1.61 bits per heavy atom. The number of methoxy groups -OCH3 is 1. The van der Waals surface area contributed by atoms with E-state index in [4.69, 9.17) is 14.5 Å². The average Bonchev–Trinajstić information content (AvgIpc) is 3.41. The summed E-state index contributed by atoms with van der Waals surface area (Å²) in [7, 11) is 1.66. The third-order valence-corrected chi connectivity index (χ3v) is 7.74. The molecule has 4 aromatic carbocycles. The minimum absolute atomic E-state index is 0.0613. The molecule has 1 amide bonds. The number of rotatable bonds is 16. The molecule has 0 aliphatic heterocycles. The minimum Gasteiger partial charge on any atom is -0.493 e. The number of hydrogen-bond acceptors (Lipinski definition) is 4. The zero-order valence-electron chi connectivity index (χ0n) is 25.5. The quantitative estimate of drug-likeness (QED) is 0.0954. The van der Waals surface area contributed by atoms with Crippen molar-refractivity contribution in [1.29, 1.82) is 0 Å². The highest BCUT2D eigenvalue weighted by molar-refractivity contribution is 5.79. The minimum atomic E-state index is 0.0613. The summed E-state index contributed by atoms with van der Waals surface area (Å²) >= 11 is 0. The van der Waals surface area contributed by atoms with E-state index < -0.39 is 0 Å². The standard InChI is InChI=1S/C38H41N3O3/c1-3-12-29-20-23-35(36(27-29)43-2)44-26-25-41-34-16-10-9-15-33(34)40-37(41)17-8-5-11-24-39-38(42)28-30-18-21-32(22-19-30)31-13-6-4-7-14-31/h3-4,6-7,9-10,13-16,18-23,27H,1,5,8,11-12,17,24-26,28H2,2H3,(H,39,42). The number of aromatic nitrogens is 2. The molecule has 0 atom stereocenters. The fourth-order valence-electron chi connectivity index (χ4n) is 5.44. The van der Waals surface area contributed by atoms with Crippen molar-refractivity contribution in [3.63, 3.8) is 0 Å². The van der Waals surface area contributed by atoms with Crippen molar-refractivity contribution in [1.82, 2.24) is 14.9 Å². The first-order valence-corrected chi connectivity index (χ1v) is 15.4. The summed E-state index contributed by atoms with van der Waals surface area (Å²) in [6, 6.07) is 32.8.